The second-order valence-electron chi connectivity index (χ2n) is 6.58. The molecule has 0 saturated carbocycles. The Hall–Kier alpha value is -2.48. The first-order valence-electron chi connectivity index (χ1n) is 8.62. The van der Waals surface area contributed by atoms with Crippen LogP contribution in [0.4, 0.5) is 17.6 Å². The van der Waals surface area contributed by atoms with E-state index in [0.29, 0.717) is 42.8 Å². The predicted octanol–water partition coefficient (Wildman–Crippen LogP) is 3.64. The number of carbonyl (C=O) groups excluding carboxylic acids is 1. The molecule has 1 aromatic heterocycles. The van der Waals surface area contributed by atoms with Gasteiger partial charge >= 0.3 is 6.18 Å². The molecule has 0 bridgehead atoms. The first-order valence-corrected chi connectivity index (χ1v) is 8.62. The molecule has 3 rings (SSSR count). The van der Waals surface area contributed by atoms with Crippen molar-refractivity contribution < 1.29 is 22.4 Å². The third kappa shape index (κ3) is 5.50. The number of aromatic nitrogens is 1. The number of halogens is 4. The van der Waals surface area contributed by atoms with Crippen molar-refractivity contribution in [1.82, 2.24) is 15.2 Å². The second kappa shape index (κ2) is 8.04. The van der Waals surface area contributed by atoms with E-state index in [1.807, 2.05) is 0 Å². The number of likely N-dealkylation sites (tertiary alicyclic amines) is 1. The lowest BCUT2D eigenvalue weighted by molar-refractivity contribution is -0.148. The van der Waals surface area contributed by atoms with E-state index in [0.717, 1.165) is 0 Å². The molecule has 8 heteroatoms. The molecule has 1 fully saturated rings. The van der Waals surface area contributed by atoms with Crippen molar-refractivity contribution in [3.8, 4) is 11.3 Å². The van der Waals surface area contributed by atoms with Crippen LogP contribution >= 0.6 is 0 Å². The maximum Gasteiger partial charge on any atom is 0.401 e. The number of rotatable bonds is 4. The molecule has 1 amide bonds. The molecule has 1 N–H and O–H groups in total. The summed E-state index contributed by atoms with van der Waals surface area (Å²) < 4.78 is 50.5. The molecule has 27 heavy (non-hydrogen) atoms. The van der Waals surface area contributed by atoms with Crippen LogP contribution in [0.1, 0.15) is 23.2 Å². The van der Waals surface area contributed by atoms with Gasteiger partial charge in [0.05, 0.1) is 17.8 Å². The van der Waals surface area contributed by atoms with Gasteiger partial charge in [0, 0.05) is 30.9 Å². The smallest absolute Gasteiger partial charge is 0.349 e. The number of hydrogen-bond donors (Lipinski definition) is 1. The van der Waals surface area contributed by atoms with E-state index in [1.165, 1.54) is 23.2 Å². The van der Waals surface area contributed by atoms with Gasteiger partial charge < -0.3 is 5.32 Å². The van der Waals surface area contributed by atoms with Crippen LogP contribution in [-0.4, -0.2) is 47.6 Å². The van der Waals surface area contributed by atoms with Crippen molar-refractivity contribution in [1.29, 1.82) is 0 Å². The molecular formula is C19H19F4N3O. The number of hydrogen-bond acceptors (Lipinski definition) is 3. The van der Waals surface area contributed by atoms with Crippen molar-refractivity contribution >= 4 is 5.91 Å². The number of nitrogens with one attached hydrogen (secondary N) is 1. The molecule has 0 spiro atoms. The van der Waals surface area contributed by atoms with Crippen LogP contribution in [-0.2, 0) is 0 Å². The maximum absolute atomic E-state index is 13.3. The summed E-state index contributed by atoms with van der Waals surface area (Å²) in [4.78, 5) is 17.9. The highest BCUT2D eigenvalue weighted by atomic mass is 19.4. The first kappa shape index (κ1) is 19.3. The summed E-state index contributed by atoms with van der Waals surface area (Å²) in [5, 5.41) is 2.84. The molecule has 0 atom stereocenters. The van der Waals surface area contributed by atoms with E-state index in [4.69, 9.17) is 0 Å². The summed E-state index contributed by atoms with van der Waals surface area (Å²) in [5.74, 6) is -0.685. The highest BCUT2D eigenvalue weighted by molar-refractivity contribution is 5.94. The molecule has 1 saturated heterocycles. The van der Waals surface area contributed by atoms with E-state index in [9.17, 15) is 22.4 Å². The number of pyridine rings is 1. The van der Waals surface area contributed by atoms with Gasteiger partial charge in [0.2, 0.25) is 0 Å². The molecule has 2 heterocycles. The van der Waals surface area contributed by atoms with Crippen molar-refractivity contribution in [2.24, 2.45) is 0 Å². The minimum absolute atomic E-state index is 0.162. The molecular weight excluding hydrogens is 362 g/mol. The second-order valence-corrected chi connectivity index (χ2v) is 6.58. The fraction of sp³-hybridized carbons (Fsp3) is 0.368. The van der Waals surface area contributed by atoms with E-state index >= 15 is 0 Å². The zero-order valence-electron chi connectivity index (χ0n) is 14.5. The predicted molar refractivity (Wildman–Crippen MR) is 92.6 cm³/mol. The van der Waals surface area contributed by atoms with Crippen LogP contribution < -0.4 is 5.32 Å². The Morgan fingerprint density at radius 3 is 2.52 bits per heavy atom. The highest BCUT2D eigenvalue weighted by Crippen LogP contribution is 2.21. The monoisotopic (exact) mass is 381 g/mol. The van der Waals surface area contributed by atoms with Gasteiger partial charge in [-0.15, -0.1) is 0 Å². The topological polar surface area (TPSA) is 45.2 Å². The van der Waals surface area contributed by atoms with Crippen molar-refractivity contribution in [2.75, 3.05) is 19.6 Å². The Morgan fingerprint density at radius 2 is 1.93 bits per heavy atom. The van der Waals surface area contributed by atoms with Gasteiger partial charge in [0.15, 0.2) is 0 Å². The van der Waals surface area contributed by atoms with Crippen molar-refractivity contribution in [3.63, 3.8) is 0 Å². The van der Waals surface area contributed by atoms with Gasteiger partial charge in [0.1, 0.15) is 5.82 Å². The lowest BCUT2D eigenvalue weighted by Crippen LogP contribution is -2.47. The van der Waals surface area contributed by atoms with Crippen molar-refractivity contribution in [2.45, 2.75) is 25.1 Å². The maximum atomic E-state index is 13.3. The SMILES string of the molecule is O=C(NC1CCN(CC(F)(F)F)CC1)c1ccc(-c2cccc(F)c2)nc1. The molecule has 1 aromatic carbocycles. The van der Waals surface area contributed by atoms with Gasteiger partial charge in [-0.25, -0.2) is 4.39 Å². The largest absolute Gasteiger partial charge is 0.401 e. The summed E-state index contributed by atoms with van der Waals surface area (Å²) in [7, 11) is 0. The first-order chi connectivity index (χ1) is 12.8. The quantitative estimate of drug-likeness (QED) is 0.823. The van der Waals surface area contributed by atoms with E-state index < -0.39 is 12.7 Å². The minimum atomic E-state index is -4.20. The number of piperidine rings is 1. The third-order valence-corrected chi connectivity index (χ3v) is 4.47. The number of nitrogens with zero attached hydrogens (tertiary/aromatic N) is 2. The van der Waals surface area contributed by atoms with Crippen molar-refractivity contribution in [3.05, 3.63) is 54.0 Å². The van der Waals surface area contributed by atoms with E-state index in [1.54, 1.807) is 24.3 Å². The van der Waals surface area contributed by atoms with Gasteiger partial charge in [-0.05, 0) is 37.1 Å². The van der Waals surface area contributed by atoms with Crippen LogP contribution in [0, 0.1) is 5.82 Å². The molecule has 1 aliphatic heterocycles. The van der Waals surface area contributed by atoms with Gasteiger partial charge in [0.25, 0.3) is 5.91 Å². The summed E-state index contributed by atoms with van der Waals surface area (Å²) in [5.41, 5.74) is 1.51. The fourth-order valence-electron chi connectivity index (χ4n) is 3.10. The lowest BCUT2D eigenvalue weighted by atomic mass is 10.0. The summed E-state index contributed by atoms with van der Waals surface area (Å²) in [6, 6.07) is 9.07. The average molecular weight is 381 g/mol. The number of amides is 1. The zero-order chi connectivity index (χ0) is 19.4. The average Bonchev–Trinajstić information content (AvgIpc) is 2.62. The summed E-state index contributed by atoms with van der Waals surface area (Å²) >= 11 is 0. The Balaban J connectivity index is 1.54. The Labute approximate surface area is 154 Å². The molecule has 0 radical (unpaired) electrons. The molecule has 4 nitrogen and oxygen atoms in total. The Kier molecular flexibility index (Phi) is 5.74. The van der Waals surface area contributed by atoms with Crippen LogP contribution in [0.2, 0.25) is 0 Å². The van der Waals surface area contributed by atoms with Gasteiger partial charge in [-0.3, -0.25) is 14.7 Å². The van der Waals surface area contributed by atoms with Crippen LogP contribution in [0.5, 0.6) is 0 Å². The van der Waals surface area contributed by atoms with Gasteiger partial charge in [-0.1, -0.05) is 12.1 Å². The normalized spacial score (nSPS) is 16.3. The van der Waals surface area contributed by atoms with Crippen LogP contribution in [0.3, 0.4) is 0 Å². The number of carbonyl (C=O) groups is 1. The highest BCUT2D eigenvalue weighted by Gasteiger charge is 2.32. The third-order valence-electron chi connectivity index (χ3n) is 4.47. The summed E-state index contributed by atoms with van der Waals surface area (Å²) in [6.07, 6.45) is -1.85. The Morgan fingerprint density at radius 1 is 1.19 bits per heavy atom. The molecule has 1 aliphatic rings. The number of benzene rings is 1. The minimum Gasteiger partial charge on any atom is -0.349 e. The van der Waals surface area contributed by atoms with E-state index in [-0.39, 0.29) is 17.8 Å². The van der Waals surface area contributed by atoms with Crippen LogP contribution in [0.25, 0.3) is 11.3 Å². The van der Waals surface area contributed by atoms with Gasteiger partial charge in [-0.2, -0.15) is 13.2 Å². The van der Waals surface area contributed by atoms with Crippen LogP contribution in [0.15, 0.2) is 42.6 Å². The van der Waals surface area contributed by atoms with E-state index in [2.05, 4.69) is 10.3 Å². The standard InChI is InChI=1S/C19H19F4N3O/c20-15-3-1-2-13(10-15)17-5-4-14(11-24-17)18(27)25-16-6-8-26(9-7-16)12-19(21,22)23/h1-5,10-11,16H,6-9,12H2,(H,25,27). The zero-order valence-corrected chi connectivity index (χ0v) is 14.5. The molecule has 0 unspecified atom stereocenters. The Bertz CT molecular complexity index is 784. The lowest BCUT2D eigenvalue weighted by Gasteiger charge is -2.32. The fourth-order valence-corrected chi connectivity index (χ4v) is 3.10. The summed E-state index contributed by atoms with van der Waals surface area (Å²) in [6.45, 7) is -0.332. The number of alkyl halides is 3. The molecule has 144 valence electrons. The molecule has 2 aromatic rings. The molecule has 0 aliphatic carbocycles.